The van der Waals surface area contributed by atoms with Crippen molar-refractivity contribution in [2.75, 3.05) is 19.6 Å². The molecule has 2 fully saturated rings. The quantitative estimate of drug-likeness (QED) is 0.761. The van der Waals surface area contributed by atoms with E-state index < -0.39 is 0 Å². The lowest BCUT2D eigenvalue weighted by atomic mass is 9.98. The summed E-state index contributed by atoms with van der Waals surface area (Å²) in [4.78, 5) is 13.8. The molecule has 0 aromatic carbocycles. The van der Waals surface area contributed by atoms with Crippen molar-refractivity contribution in [3.8, 4) is 0 Å². The van der Waals surface area contributed by atoms with E-state index in [1.807, 2.05) is 4.90 Å². The molecule has 2 rings (SSSR count). The number of hydrogen-bond acceptors (Lipinski definition) is 2. The Bertz CT molecular complexity index is 232. The minimum Gasteiger partial charge on any atom is -0.334 e. The molecule has 2 amide bonds. The van der Waals surface area contributed by atoms with Crippen molar-refractivity contribution in [1.82, 2.24) is 10.2 Å². The topological polar surface area (TPSA) is 58.4 Å². The highest BCUT2D eigenvalue weighted by atomic mass is 16.2. The zero-order valence-electron chi connectivity index (χ0n) is 9.95. The number of nitrogens with zero attached hydrogens (tertiary/aromatic N) is 1. The normalized spacial score (nSPS) is 23.7. The first-order valence-electron chi connectivity index (χ1n) is 6.57. The van der Waals surface area contributed by atoms with Gasteiger partial charge in [0.25, 0.3) is 0 Å². The highest BCUT2D eigenvalue weighted by Gasteiger charge is 2.27. The number of urea groups is 1. The molecule has 1 aliphatic heterocycles. The molecule has 1 saturated heterocycles. The highest BCUT2D eigenvalue weighted by Crippen LogP contribution is 2.27. The molecule has 2 aliphatic rings. The smallest absolute Gasteiger partial charge is 0.317 e. The summed E-state index contributed by atoms with van der Waals surface area (Å²) in [6.07, 6.45) is 7.32. The van der Waals surface area contributed by atoms with Crippen LogP contribution < -0.4 is 11.1 Å². The van der Waals surface area contributed by atoms with E-state index in [2.05, 4.69) is 5.32 Å². The van der Waals surface area contributed by atoms with Crippen molar-refractivity contribution in [3.63, 3.8) is 0 Å². The molecular formula is C12H23N3O. The van der Waals surface area contributed by atoms with Gasteiger partial charge in [0.2, 0.25) is 0 Å². The third-order valence-corrected chi connectivity index (χ3v) is 3.92. The Morgan fingerprint density at radius 2 is 1.88 bits per heavy atom. The van der Waals surface area contributed by atoms with Gasteiger partial charge in [0.05, 0.1) is 0 Å². The Balaban J connectivity index is 1.82. The van der Waals surface area contributed by atoms with Crippen molar-refractivity contribution < 1.29 is 4.79 Å². The molecule has 0 radical (unpaired) electrons. The molecule has 3 N–H and O–H groups in total. The summed E-state index contributed by atoms with van der Waals surface area (Å²) in [5, 5.41) is 3.11. The number of hydrogen-bond donors (Lipinski definition) is 2. The van der Waals surface area contributed by atoms with Crippen LogP contribution >= 0.6 is 0 Å². The fourth-order valence-corrected chi connectivity index (χ4v) is 2.90. The molecule has 0 aromatic rings. The molecule has 1 atom stereocenters. The molecule has 1 aliphatic carbocycles. The van der Waals surface area contributed by atoms with Gasteiger partial charge in [-0.3, -0.25) is 0 Å². The summed E-state index contributed by atoms with van der Waals surface area (Å²) < 4.78 is 0. The van der Waals surface area contributed by atoms with Crippen LogP contribution in [-0.4, -0.2) is 36.6 Å². The van der Waals surface area contributed by atoms with Crippen LogP contribution in [0.2, 0.25) is 0 Å². The SMILES string of the molecule is NCC(NC(=O)N1CCCC1)C1CCCC1. The Hall–Kier alpha value is -0.770. The zero-order valence-corrected chi connectivity index (χ0v) is 9.95. The van der Waals surface area contributed by atoms with Gasteiger partial charge >= 0.3 is 6.03 Å². The Morgan fingerprint density at radius 1 is 1.25 bits per heavy atom. The van der Waals surface area contributed by atoms with Gasteiger partial charge in [0.15, 0.2) is 0 Å². The summed E-state index contributed by atoms with van der Waals surface area (Å²) >= 11 is 0. The second-order valence-corrected chi connectivity index (χ2v) is 5.03. The molecule has 4 nitrogen and oxygen atoms in total. The van der Waals surface area contributed by atoms with Crippen molar-refractivity contribution >= 4 is 6.03 Å². The maximum Gasteiger partial charge on any atom is 0.317 e. The van der Waals surface area contributed by atoms with Gasteiger partial charge in [-0.25, -0.2) is 4.79 Å². The number of nitrogens with one attached hydrogen (secondary N) is 1. The largest absolute Gasteiger partial charge is 0.334 e. The van der Waals surface area contributed by atoms with E-state index in [0.29, 0.717) is 12.5 Å². The number of carbonyl (C=O) groups is 1. The van der Waals surface area contributed by atoms with Crippen LogP contribution in [0.5, 0.6) is 0 Å². The fraction of sp³-hybridized carbons (Fsp3) is 0.917. The first-order valence-corrected chi connectivity index (χ1v) is 6.57. The van der Waals surface area contributed by atoms with Crippen LogP contribution in [0.3, 0.4) is 0 Å². The molecule has 0 aromatic heterocycles. The average molecular weight is 225 g/mol. The van der Waals surface area contributed by atoms with Crippen molar-refractivity contribution in [2.45, 2.75) is 44.6 Å². The monoisotopic (exact) mass is 225 g/mol. The van der Waals surface area contributed by atoms with Crippen LogP contribution in [0, 0.1) is 5.92 Å². The van der Waals surface area contributed by atoms with E-state index in [1.54, 1.807) is 0 Å². The molecule has 1 heterocycles. The minimum absolute atomic E-state index is 0.0971. The summed E-state index contributed by atoms with van der Waals surface area (Å²) in [5.41, 5.74) is 5.77. The third-order valence-electron chi connectivity index (χ3n) is 3.92. The summed E-state index contributed by atoms with van der Waals surface area (Å²) in [7, 11) is 0. The number of carbonyl (C=O) groups excluding carboxylic acids is 1. The highest BCUT2D eigenvalue weighted by molar-refractivity contribution is 5.74. The maximum absolute atomic E-state index is 11.9. The van der Waals surface area contributed by atoms with E-state index in [1.165, 1.54) is 25.7 Å². The van der Waals surface area contributed by atoms with Gasteiger partial charge in [0.1, 0.15) is 0 Å². The lowest BCUT2D eigenvalue weighted by Crippen LogP contribution is -2.49. The first-order chi connectivity index (χ1) is 7.81. The van der Waals surface area contributed by atoms with E-state index in [4.69, 9.17) is 5.73 Å². The number of rotatable bonds is 3. The lowest BCUT2D eigenvalue weighted by Gasteiger charge is -2.26. The molecule has 16 heavy (non-hydrogen) atoms. The van der Waals surface area contributed by atoms with Gasteiger partial charge in [-0.05, 0) is 31.6 Å². The molecule has 4 heteroatoms. The zero-order chi connectivity index (χ0) is 11.4. The summed E-state index contributed by atoms with van der Waals surface area (Å²) in [5.74, 6) is 0.608. The molecule has 0 bridgehead atoms. The van der Waals surface area contributed by atoms with Gasteiger partial charge in [0, 0.05) is 25.7 Å². The average Bonchev–Trinajstić information content (AvgIpc) is 2.96. The van der Waals surface area contributed by atoms with E-state index in [0.717, 1.165) is 25.9 Å². The van der Waals surface area contributed by atoms with Crippen LogP contribution in [-0.2, 0) is 0 Å². The fourth-order valence-electron chi connectivity index (χ4n) is 2.90. The van der Waals surface area contributed by atoms with E-state index >= 15 is 0 Å². The summed E-state index contributed by atoms with van der Waals surface area (Å²) in [6.45, 7) is 2.39. The Morgan fingerprint density at radius 3 is 2.44 bits per heavy atom. The number of nitrogens with two attached hydrogens (primary N) is 1. The molecule has 0 spiro atoms. The standard InChI is InChI=1S/C12H23N3O/c13-9-11(10-5-1-2-6-10)14-12(16)15-7-3-4-8-15/h10-11H,1-9,13H2,(H,14,16). The van der Waals surface area contributed by atoms with Crippen LogP contribution in [0.4, 0.5) is 4.79 Å². The van der Waals surface area contributed by atoms with Gasteiger partial charge in [-0.15, -0.1) is 0 Å². The molecule has 92 valence electrons. The predicted octanol–water partition coefficient (Wildman–Crippen LogP) is 1.31. The molecular weight excluding hydrogens is 202 g/mol. The number of amides is 2. The van der Waals surface area contributed by atoms with Crippen molar-refractivity contribution in [3.05, 3.63) is 0 Å². The van der Waals surface area contributed by atoms with Gasteiger partial charge < -0.3 is 16.0 Å². The van der Waals surface area contributed by atoms with Crippen LogP contribution in [0.15, 0.2) is 0 Å². The van der Waals surface area contributed by atoms with Crippen LogP contribution in [0.25, 0.3) is 0 Å². The van der Waals surface area contributed by atoms with Crippen molar-refractivity contribution in [2.24, 2.45) is 11.7 Å². The van der Waals surface area contributed by atoms with E-state index in [-0.39, 0.29) is 12.1 Å². The Kier molecular flexibility index (Phi) is 4.04. The second kappa shape index (κ2) is 5.53. The summed E-state index contributed by atoms with van der Waals surface area (Å²) in [6, 6.07) is 0.287. The molecule has 1 saturated carbocycles. The maximum atomic E-state index is 11.9. The second-order valence-electron chi connectivity index (χ2n) is 5.03. The third kappa shape index (κ3) is 2.67. The number of likely N-dealkylation sites (tertiary alicyclic amines) is 1. The lowest BCUT2D eigenvalue weighted by molar-refractivity contribution is 0.199. The molecule has 1 unspecified atom stereocenters. The van der Waals surface area contributed by atoms with E-state index in [9.17, 15) is 4.79 Å². The van der Waals surface area contributed by atoms with Gasteiger partial charge in [-0.1, -0.05) is 12.8 Å². The Labute approximate surface area is 97.6 Å². The first kappa shape index (κ1) is 11.7. The van der Waals surface area contributed by atoms with Crippen LogP contribution in [0.1, 0.15) is 38.5 Å². The van der Waals surface area contributed by atoms with Gasteiger partial charge in [-0.2, -0.15) is 0 Å². The minimum atomic E-state index is 0.0971. The van der Waals surface area contributed by atoms with Crippen molar-refractivity contribution in [1.29, 1.82) is 0 Å². The predicted molar refractivity (Wildman–Crippen MR) is 64.1 cm³/mol.